The van der Waals surface area contributed by atoms with Crippen LogP contribution in [0, 0.1) is 0 Å². The van der Waals surface area contributed by atoms with Crippen LogP contribution in [0.4, 0.5) is 5.82 Å². The number of anilines is 1. The maximum Gasteiger partial charge on any atom is 0.164 e. The molecule has 0 aliphatic heterocycles. The topological polar surface area (TPSA) is 43.8 Å². The molecule has 4 heteroatoms. The molecule has 0 aliphatic rings. The molecule has 0 aromatic carbocycles. The molecule has 2 N–H and O–H groups in total. The molecule has 0 saturated carbocycles. The molecular formula is C8H14ClN3. The molecule has 0 aliphatic carbocycles. The van der Waals surface area contributed by atoms with Gasteiger partial charge in [0.2, 0.25) is 0 Å². The highest BCUT2D eigenvalue weighted by Gasteiger charge is 2.23. The molecule has 1 rings (SSSR count). The van der Waals surface area contributed by atoms with Crippen molar-refractivity contribution >= 4 is 17.4 Å². The van der Waals surface area contributed by atoms with Gasteiger partial charge in [0.25, 0.3) is 0 Å². The van der Waals surface area contributed by atoms with E-state index in [1.807, 2.05) is 7.05 Å². The third-order valence-electron chi connectivity index (χ3n) is 1.72. The van der Waals surface area contributed by atoms with Crippen molar-refractivity contribution in [1.29, 1.82) is 0 Å². The minimum Gasteiger partial charge on any atom is -0.381 e. The van der Waals surface area contributed by atoms with Gasteiger partial charge in [0.15, 0.2) is 5.82 Å². The molecule has 0 atom stereocenters. The van der Waals surface area contributed by atoms with Crippen LogP contribution in [0.15, 0.2) is 0 Å². The summed E-state index contributed by atoms with van der Waals surface area (Å²) in [6.07, 6.45) is 0. The number of hydrogen-bond acceptors (Lipinski definition) is 2. The maximum absolute atomic E-state index is 5.99. The van der Waals surface area contributed by atoms with Crippen LogP contribution in [0.25, 0.3) is 0 Å². The van der Waals surface area contributed by atoms with Crippen molar-refractivity contribution in [2.45, 2.75) is 26.2 Å². The Bertz CT molecular complexity index is 296. The predicted molar refractivity (Wildman–Crippen MR) is 51.3 cm³/mol. The quantitative estimate of drug-likeness (QED) is 0.675. The molecule has 0 fully saturated rings. The highest BCUT2D eigenvalue weighted by molar-refractivity contribution is 6.33. The Morgan fingerprint density at radius 1 is 1.42 bits per heavy atom. The van der Waals surface area contributed by atoms with E-state index >= 15 is 0 Å². The summed E-state index contributed by atoms with van der Waals surface area (Å²) in [6.45, 7) is 6.24. The van der Waals surface area contributed by atoms with E-state index in [-0.39, 0.29) is 5.41 Å². The van der Waals surface area contributed by atoms with E-state index in [0.29, 0.717) is 10.8 Å². The minimum absolute atomic E-state index is 0.0174. The summed E-state index contributed by atoms with van der Waals surface area (Å²) in [5.41, 5.74) is 6.53. The fourth-order valence-corrected chi connectivity index (χ4v) is 1.78. The Labute approximate surface area is 77.5 Å². The Morgan fingerprint density at radius 3 is 2.08 bits per heavy atom. The van der Waals surface area contributed by atoms with Crippen molar-refractivity contribution in [3.63, 3.8) is 0 Å². The van der Waals surface area contributed by atoms with Crippen molar-refractivity contribution < 1.29 is 0 Å². The Hall–Kier alpha value is -0.700. The normalized spacial score (nSPS) is 12.1. The van der Waals surface area contributed by atoms with Crippen LogP contribution in [-0.4, -0.2) is 9.78 Å². The van der Waals surface area contributed by atoms with Crippen LogP contribution in [0.1, 0.15) is 26.5 Å². The van der Waals surface area contributed by atoms with Crippen molar-refractivity contribution in [3.8, 4) is 0 Å². The van der Waals surface area contributed by atoms with Gasteiger partial charge in [0.1, 0.15) is 5.02 Å². The SMILES string of the molecule is Cn1nc(N)c(Cl)c1C(C)(C)C. The monoisotopic (exact) mass is 187 g/mol. The summed E-state index contributed by atoms with van der Waals surface area (Å²) in [7, 11) is 1.85. The summed E-state index contributed by atoms with van der Waals surface area (Å²) in [5.74, 6) is 0.407. The van der Waals surface area contributed by atoms with Crippen molar-refractivity contribution in [2.24, 2.45) is 7.05 Å². The van der Waals surface area contributed by atoms with E-state index in [2.05, 4.69) is 25.9 Å². The van der Waals surface area contributed by atoms with Crippen LogP contribution < -0.4 is 5.73 Å². The smallest absolute Gasteiger partial charge is 0.164 e. The molecule has 0 saturated heterocycles. The van der Waals surface area contributed by atoms with Gasteiger partial charge in [-0.3, -0.25) is 4.68 Å². The molecule has 1 aromatic heterocycles. The van der Waals surface area contributed by atoms with Crippen LogP contribution in [-0.2, 0) is 12.5 Å². The van der Waals surface area contributed by atoms with Crippen LogP contribution in [0.3, 0.4) is 0 Å². The van der Waals surface area contributed by atoms with Gasteiger partial charge in [-0.05, 0) is 0 Å². The van der Waals surface area contributed by atoms with Gasteiger partial charge >= 0.3 is 0 Å². The van der Waals surface area contributed by atoms with E-state index in [4.69, 9.17) is 17.3 Å². The average molecular weight is 188 g/mol. The lowest BCUT2D eigenvalue weighted by molar-refractivity contribution is 0.523. The van der Waals surface area contributed by atoms with Crippen LogP contribution >= 0.6 is 11.6 Å². The summed E-state index contributed by atoms with van der Waals surface area (Å²) in [5, 5.41) is 4.61. The van der Waals surface area contributed by atoms with Crippen molar-refractivity contribution in [2.75, 3.05) is 5.73 Å². The van der Waals surface area contributed by atoms with Crippen LogP contribution in [0.2, 0.25) is 5.02 Å². The Balaban J connectivity index is 3.32. The second-order valence-electron chi connectivity index (χ2n) is 3.92. The van der Waals surface area contributed by atoms with Gasteiger partial charge in [-0.2, -0.15) is 5.10 Å². The Kier molecular flexibility index (Phi) is 2.08. The first-order valence-corrected chi connectivity index (χ1v) is 4.20. The van der Waals surface area contributed by atoms with Gasteiger partial charge in [0, 0.05) is 12.5 Å². The molecule has 1 heterocycles. The first kappa shape index (κ1) is 9.39. The van der Waals surface area contributed by atoms with E-state index in [0.717, 1.165) is 5.69 Å². The largest absolute Gasteiger partial charge is 0.381 e. The highest BCUT2D eigenvalue weighted by Crippen LogP contribution is 2.32. The third-order valence-corrected chi connectivity index (χ3v) is 2.10. The number of rotatable bonds is 0. The van der Waals surface area contributed by atoms with Gasteiger partial charge in [-0.1, -0.05) is 32.4 Å². The lowest BCUT2D eigenvalue weighted by Crippen LogP contribution is -2.16. The number of nitrogens with two attached hydrogens (primary N) is 1. The molecular weight excluding hydrogens is 174 g/mol. The zero-order valence-corrected chi connectivity index (χ0v) is 8.61. The molecule has 0 radical (unpaired) electrons. The molecule has 12 heavy (non-hydrogen) atoms. The highest BCUT2D eigenvalue weighted by atomic mass is 35.5. The minimum atomic E-state index is -0.0174. The zero-order valence-electron chi connectivity index (χ0n) is 7.85. The summed E-state index contributed by atoms with van der Waals surface area (Å²) >= 11 is 5.99. The van der Waals surface area contributed by atoms with Crippen molar-refractivity contribution in [3.05, 3.63) is 10.7 Å². The number of hydrogen-bond donors (Lipinski definition) is 1. The first-order valence-electron chi connectivity index (χ1n) is 3.82. The van der Waals surface area contributed by atoms with Gasteiger partial charge in [-0.25, -0.2) is 0 Å². The van der Waals surface area contributed by atoms with Gasteiger partial charge in [-0.15, -0.1) is 0 Å². The second-order valence-corrected chi connectivity index (χ2v) is 4.30. The van der Waals surface area contributed by atoms with Gasteiger partial charge in [0.05, 0.1) is 5.69 Å². The molecule has 68 valence electrons. The van der Waals surface area contributed by atoms with E-state index in [1.165, 1.54) is 0 Å². The lowest BCUT2D eigenvalue weighted by atomic mass is 9.92. The fraction of sp³-hybridized carbons (Fsp3) is 0.625. The summed E-state index contributed by atoms with van der Waals surface area (Å²) in [6, 6.07) is 0. The molecule has 0 unspecified atom stereocenters. The molecule has 0 bridgehead atoms. The maximum atomic E-state index is 5.99. The summed E-state index contributed by atoms with van der Waals surface area (Å²) in [4.78, 5) is 0. The van der Waals surface area contributed by atoms with E-state index in [9.17, 15) is 0 Å². The predicted octanol–water partition coefficient (Wildman–Crippen LogP) is 1.95. The van der Waals surface area contributed by atoms with Gasteiger partial charge < -0.3 is 5.73 Å². The average Bonchev–Trinajstić information content (AvgIpc) is 2.05. The Morgan fingerprint density at radius 2 is 1.92 bits per heavy atom. The number of aryl methyl sites for hydroxylation is 1. The number of nitrogens with zero attached hydrogens (tertiary/aromatic N) is 2. The number of halogens is 1. The molecule has 3 nitrogen and oxygen atoms in total. The fourth-order valence-electron chi connectivity index (χ4n) is 1.33. The summed E-state index contributed by atoms with van der Waals surface area (Å²) < 4.78 is 1.73. The van der Waals surface area contributed by atoms with E-state index in [1.54, 1.807) is 4.68 Å². The zero-order chi connectivity index (χ0) is 9.52. The number of nitrogen functional groups attached to an aromatic ring is 1. The second kappa shape index (κ2) is 2.66. The standard InChI is InChI=1S/C8H14ClN3/c1-8(2,3)6-5(9)7(10)11-12(6)4/h1-4H3,(H2,10,11). The van der Waals surface area contributed by atoms with E-state index < -0.39 is 0 Å². The molecule has 0 amide bonds. The third kappa shape index (κ3) is 1.41. The molecule has 0 spiro atoms. The van der Waals surface area contributed by atoms with Crippen LogP contribution in [0.5, 0.6) is 0 Å². The number of aromatic nitrogens is 2. The molecule has 1 aromatic rings. The first-order chi connectivity index (χ1) is 5.34. The lowest BCUT2D eigenvalue weighted by Gasteiger charge is -2.18. The van der Waals surface area contributed by atoms with Crippen molar-refractivity contribution in [1.82, 2.24) is 9.78 Å².